The molecule has 1 aliphatic rings. The van der Waals surface area contributed by atoms with E-state index in [0.29, 0.717) is 6.04 Å². The molecule has 0 aromatic carbocycles. The second-order valence-corrected chi connectivity index (χ2v) is 5.75. The van der Waals surface area contributed by atoms with Crippen molar-refractivity contribution in [3.05, 3.63) is 12.2 Å². The predicted molar refractivity (Wildman–Crippen MR) is 67.1 cm³/mol. The molecule has 0 fully saturated rings. The molecule has 1 aliphatic carbocycles. The van der Waals surface area contributed by atoms with Crippen molar-refractivity contribution in [1.29, 1.82) is 0 Å². The van der Waals surface area contributed by atoms with Crippen LogP contribution in [0.2, 0.25) is 0 Å². The lowest BCUT2D eigenvalue weighted by Crippen LogP contribution is -2.45. The van der Waals surface area contributed by atoms with E-state index in [2.05, 4.69) is 50.5 Å². The van der Waals surface area contributed by atoms with Crippen LogP contribution in [0.3, 0.4) is 0 Å². The van der Waals surface area contributed by atoms with Gasteiger partial charge in [-0.05, 0) is 53.0 Å². The fourth-order valence-corrected chi connectivity index (χ4v) is 1.74. The topological polar surface area (TPSA) is 24.1 Å². The molecule has 1 unspecified atom stereocenters. The van der Waals surface area contributed by atoms with Crippen LogP contribution in [0.15, 0.2) is 12.2 Å². The van der Waals surface area contributed by atoms with Gasteiger partial charge in [-0.25, -0.2) is 0 Å². The monoisotopic (exact) mass is 210 g/mol. The van der Waals surface area contributed by atoms with E-state index < -0.39 is 0 Å². The molecule has 0 saturated carbocycles. The Kier molecular flexibility index (Phi) is 4.81. The SMILES string of the molecule is CC(CNC(C)(C)C)NCC1CC=CC1. The minimum Gasteiger partial charge on any atom is -0.313 e. The van der Waals surface area contributed by atoms with E-state index >= 15 is 0 Å². The molecule has 0 aliphatic heterocycles. The molecule has 0 saturated heterocycles. The second kappa shape index (κ2) is 5.66. The molecule has 88 valence electrons. The first-order valence-corrected chi connectivity index (χ1v) is 6.11. The number of nitrogens with one attached hydrogen (secondary N) is 2. The lowest BCUT2D eigenvalue weighted by Gasteiger charge is -2.24. The van der Waals surface area contributed by atoms with Crippen molar-refractivity contribution >= 4 is 0 Å². The van der Waals surface area contributed by atoms with Crippen molar-refractivity contribution in [2.45, 2.75) is 52.1 Å². The number of rotatable bonds is 5. The molecule has 0 aromatic heterocycles. The van der Waals surface area contributed by atoms with Gasteiger partial charge in [-0.1, -0.05) is 12.2 Å². The summed E-state index contributed by atoms with van der Waals surface area (Å²) >= 11 is 0. The highest BCUT2D eigenvalue weighted by atomic mass is 15.0. The third-order valence-corrected chi connectivity index (χ3v) is 2.80. The molecular weight excluding hydrogens is 184 g/mol. The summed E-state index contributed by atoms with van der Waals surface area (Å²) in [5.41, 5.74) is 0.227. The lowest BCUT2D eigenvalue weighted by molar-refractivity contribution is 0.374. The molecule has 0 radical (unpaired) electrons. The van der Waals surface area contributed by atoms with E-state index in [4.69, 9.17) is 0 Å². The van der Waals surface area contributed by atoms with Gasteiger partial charge in [0.1, 0.15) is 0 Å². The summed E-state index contributed by atoms with van der Waals surface area (Å²) in [6, 6.07) is 0.560. The fraction of sp³-hybridized carbons (Fsp3) is 0.846. The molecule has 2 heteroatoms. The van der Waals surface area contributed by atoms with Crippen LogP contribution in [0.25, 0.3) is 0 Å². The Bertz CT molecular complexity index is 195. The zero-order valence-corrected chi connectivity index (χ0v) is 10.6. The highest BCUT2D eigenvalue weighted by molar-refractivity contribution is 4.95. The molecule has 0 bridgehead atoms. The molecule has 1 rings (SSSR count). The summed E-state index contributed by atoms with van der Waals surface area (Å²) in [6.45, 7) is 11.1. The van der Waals surface area contributed by atoms with Gasteiger partial charge < -0.3 is 10.6 Å². The van der Waals surface area contributed by atoms with Gasteiger partial charge in [0.2, 0.25) is 0 Å². The summed E-state index contributed by atoms with van der Waals surface area (Å²) in [6.07, 6.45) is 7.10. The minimum absolute atomic E-state index is 0.227. The van der Waals surface area contributed by atoms with Crippen LogP contribution >= 0.6 is 0 Å². The van der Waals surface area contributed by atoms with Gasteiger partial charge in [-0.3, -0.25) is 0 Å². The van der Waals surface area contributed by atoms with Crippen LogP contribution in [0.1, 0.15) is 40.5 Å². The fourth-order valence-electron chi connectivity index (χ4n) is 1.74. The first-order chi connectivity index (χ1) is 6.97. The van der Waals surface area contributed by atoms with E-state index in [1.54, 1.807) is 0 Å². The predicted octanol–water partition coefficient (Wildman–Crippen LogP) is 2.32. The van der Waals surface area contributed by atoms with Crippen molar-refractivity contribution in [3.8, 4) is 0 Å². The largest absolute Gasteiger partial charge is 0.313 e. The third kappa shape index (κ3) is 5.95. The van der Waals surface area contributed by atoms with Crippen LogP contribution in [-0.4, -0.2) is 24.7 Å². The van der Waals surface area contributed by atoms with E-state index in [1.165, 1.54) is 12.8 Å². The van der Waals surface area contributed by atoms with E-state index in [-0.39, 0.29) is 5.54 Å². The zero-order valence-electron chi connectivity index (χ0n) is 10.6. The van der Waals surface area contributed by atoms with Gasteiger partial charge in [0, 0.05) is 18.1 Å². The van der Waals surface area contributed by atoms with Gasteiger partial charge in [-0.2, -0.15) is 0 Å². The summed E-state index contributed by atoms with van der Waals surface area (Å²) in [5.74, 6) is 0.835. The molecule has 0 heterocycles. The van der Waals surface area contributed by atoms with Crippen LogP contribution in [0, 0.1) is 5.92 Å². The van der Waals surface area contributed by atoms with E-state index in [1.807, 2.05) is 0 Å². The van der Waals surface area contributed by atoms with Gasteiger partial charge in [0.15, 0.2) is 0 Å². The maximum Gasteiger partial charge on any atom is 0.0164 e. The Morgan fingerprint density at radius 2 is 1.87 bits per heavy atom. The van der Waals surface area contributed by atoms with Crippen molar-refractivity contribution < 1.29 is 0 Å². The lowest BCUT2D eigenvalue weighted by atomic mass is 10.1. The summed E-state index contributed by atoms with van der Waals surface area (Å²) in [7, 11) is 0. The Balaban J connectivity index is 2.05. The Morgan fingerprint density at radius 1 is 1.27 bits per heavy atom. The molecule has 15 heavy (non-hydrogen) atoms. The molecule has 0 amide bonds. The number of hydrogen-bond donors (Lipinski definition) is 2. The van der Waals surface area contributed by atoms with E-state index in [9.17, 15) is 0 Å². The smallest absolute Gasteiger partial charge is 0.0164 e. The van der Waals surface area contributed by atoms with Crippen molar-refractivity contribution in [3.63, 3.8) is 0 Å². The molecular formula is C13H26N2. The van der Waals surface area contributed by atoms with Gasteiger partial charge in [0.25, 0.3) is 0 Å². The number of allylic oxidation sites excluding steroid dienone is 2. The third-order valence-electron chi connectivity index (χ3n) is 2.80. The Hall–Kier alpha value is -0.340. The second-order valence-electron chi connectivity index (χ2n) is 5.75. The summed E-state index contributed by atoms with van der Waals surface area (Å²) in [4.78, 5) is 0. The Morgan fingerprint density at radius 3 is 2.40 bits per heavy atom. The van der Waals surface area contributed by atoms with Gasteiger partial charge >= 0.3 is 0 Å². The van der Waals surface area contributed by atoms with E-state index in [0.717, 1.165) is 19.0 Å². The average Bonchev–Trinajstić information content (AvgIpc) is 2.62. The highest BCUT2D eigenvalue weighted by Gasteiger charge is 2.13. The van der Waals surface area contributed by atoms with Crippen molar-refractivity contribution in [2.24, 2.45) is 5.92 Å². The van der Waals surface area contributed by atoms with Crippen LogP contribution in [0.4, 0.5) is 0 Å². The first kappa shape index (κ1) is 12.7. The molecule has 0 spiro atoms. The van der Waals surface area contributed by atoms with Crippen molar-refractivity contribution in [1.82, 2.24) is 10.6 Å². The molecule has 1 atom stereocenters. The summed E-state index contributed by atoms with van der Waals surface area (Å²) in [5, 5.41) is 7.11. The van der Waals surface area contributed by atoms with Crippen LogP contribution in [0.5, 0.6) is 0 Å². The molecule has 2 nitrogen and oxygen atoms in total. The van der Waals surface area contributed by atoms with Crippen LogP contribution < -0.4 is 10.6 Å². The standard InChI is InChI=1S/C13H26N2/c1-11(9-15-13(2,3)4)14-10-12-7-5-6-8-12/h5-6,11-12,14-15H,7-10H2,1-4H3. The molecule has 2 N–H and O–H groups in total. The highest BCUT2D eigenvalue weighted by Crippen LogP contribution is 2.16. The van der Waals surface area contributed by atoms with Crippen LogP contribution in [-0.2, 0) is 0 Å². The molecule has 0 aromatic rings. The van der Waals surface area contributed by atoms with Gasteiger partial charge in [-0.15, -0.1) is 0 Å². The Labute approximate surface area is 94.5 Å². The van der Waals surface area contributed by atoms with Gasteiger partial charge in [0.05, 0.1) is 0 Å². The minimum atomic E-state index is 0.227. The number of hydrogen-bond acceptors (Lipinski definition) is 2. The normalized spacial score (nSPS) is 19.7. The maximum absolute atomic E-state index is 3.59. The summed E-state index contributed by atoms with van der Waals surface area (Å²) < 4.78 is 0. The average molecular weight is 210 g/mol. The zero-order chi connectivity index (χ0) is 11.3. The first-order valence-electron chi connectivity index (χ1n) is 6.11. The quantitative estimate of drug-likeness (QED) is 0.681. The van der Waals surface area contributed by atoms with Crippen molar-refractivity contribution in [2.75, 3.05) is 13.1 Å². The maximum atomic E-state index is 3.59.